The van der Waals surface area contributed by atoms with E-state index in [-0.39, 0.29) is 23.6 Å². The van der Waals surface area contributed by atoms with Crippen molar-refractivity contribution in [1.82, 2.24) is 4.90 Å². The van der Waals surface area contributed by atoms with Crippen molar-refractivity contribution in [3.8, 4) is 0 Å². The maximum Gasteiger partial charge on any atom is 0.278 e. The largest absolute Gasteiger partial charge is 0.325 e. The van der Waals surface area contributed by atoms with Crippen molar-refractivity contribution in [2.75, 3.05) is 11.1 Å². The maximum atomic E-state index is 13.2. The van der Waals surface area contributed by atoms with Crippen LogP contribution < -0.4 is 5.32 Å². The quantitative estimate of drug-likeness (QED) is 0.599. The number of nitrogens with zero attached hydrogens (tertiary/aromatic N) is 2. The average Bonchev–Trinajstić information content (AvgIpc) is 3.38. The van der Waals surface area contributed by atoms with Gasteiger partial charge in [-0.3, -0.25) is 14.5 Å². The van der Waals surface area contributed by atoms with Crippen LogP contribution in [0.4, 0.5) is 5.69 Å². The first-order valence-corrected chi connectivity index (χ1v) is 12.5. The van der Waals surface area contributed by atoms with Gasteiger partial charge in [0.2, 0.25) is 5.91 Å². The van der Waals surface area contributed by atoms with Crippen molar-refractivity contribution in [2.45, 2.75) is 52.0 Å². The molecule has 0 saturated heterocycles. The molecule has 0 spiro atoms. The van der Waals surface area contributed by atoms with Crippen molar-refractivity contribution >= 4 is 51.8 Å². The minimum Gasteiger partial charge on any atom is -0.325 e. The zero-order chi connectivity index (χ0) is 21.8. The highest BCUT2D eigenvalue weighted by molar-refractivity contribution is 8.14. The van der Waals surface area contributed by atoms with Crippen molar-refractivity contribution in [2.24, 2.45) is 4.99 Å². The van der Waals surface area contributed by atoms with E-state index in [0.29, 0.717) is 10.9 Å². The fraction of sp³-hybridized carbons (Fsp3) is 0.375. The summed E-state index contributed by atoms with van der Waals surface area (Å²) in [6, 6.07) is 10.1. The number of carbonyl (C=O) groups excluding carboxylic acids is 2. The molecule has 31 heavy (non-hydrogen) atoms. The van der Waals surface area contributed by atoms with Crippen LogP contribution in [0.25, 0.3) is 6.08 Å². The molecule has 7 heteroatoms. The number of aliphatic imine (C=N–C) groups is 1. The zero-order valence-electron chi connectivity index (χ0n) is 17.9. The number of thioether (sulfide) groups is 1. The molecule has 0 radical (unpaired) electrons. The van der Waals surface area contributed by atoms with Gasteiger partial charge in [0.15, 0.2) is 5.17 Å². The summed E-state index contributed by atoms with van der Waals surface area (Å²) in [4.78, 5) is 33.3. The summed E-state index contributed by atoms with van der Waals surface area (Å²) in [5.41, 5.74) is 3.43. The third kappa shape index (κ3) is 5.28. The van der Waals surface area contributed by atoms with Gasteiger partial charge in [-0.2, -0.15) is 0 Å². The van der Waals surface area contributed by atoms with Crippen LogP contribution in [0, 0.1) is 13.8 Å². The fourth-order valence-corrected chi connectivity index (χ4v) is 5.48. The molecule has 0 atom stereocenters. The summed E-state index contributed by atoms with van der Waals surface area (Å²) < 4.78 is 0. The van der Waals surface area contributed by atoms with Crippen LogP contribution in [0.15, 0.2) is 46.4 Å². The summed E-state index contributed by atoms with van der Waals surface area (Å²) in [5.74, 6) is 0.0838. The Morgan fingerprint density at radius 3 is 2.81 bits per heavy atom. The number of hydrogen-bond donors (Lipinski definition) is 1. The molecule has 1 aromatic heterocycles. The summed E-state index contributed by atoms with van der Waals surface area (Å²) in [7, 11) is 0. The molecule has 1 aliphatic heterocycles. The van der Waals surface area contributed by atoms with Crippen LogP contribution in [0.3, 0.4) is 0 Å². The van der Waals surface area contributed by atoms with Crippen molar-refractivity contribution in [3.05, 3.63) is 57.4 Å². The monoisotopic (exact) mass is 453 g/mol. The molecule has 1 N–H and O–H groups in total. The van der Waals surface area contributed by atoms with E-state index in [1.807, 2.05) is 60.5 Å². The predicted molar refractivity (Wildman–Crippen MR) is 130 cm³/mol. The zero-order valence-corrected chi connectivity index (χ0v) is 19.5. The minimum atomic E-state index is -0.0897. The number of benzene rings is 1. The van der Waals surface area contributed by atoms with E-state index in [1.54, 1.807) is 11.3 Å². The predicted octanol–water partition coefficient (Wildman–Crippen LogP) is 5.61. The molecule has 2 aliphatic rings. The van der Waals surface area contributed by atoms with E-state index in [9.17, 15) is 9.59 Å². The first kappa shape index (κ1) is 21.8. The second kappa shape index (κ2) is 9.83. The Hall–Kier alpha value is -2.38. The highest BCUT2D eigenvalue weighted by Gasteiger charge is 2.36. The first-order chi connectivity index (χ1) is 15.0. The Balaban J connectivity index is 1.49. The third-order valence-electron chi connectivity index (χ3n) is 5.62. The smallest absolute Gasteiger partial charge is 0.278 e. The SMILES string of the molecule is Cc1ccc(C)c(NC(=O)CSC2=N/C(=C/c3cccs3)C(=O)N2C2CCCCC2)c1. The molecule has 162 valence electrons. The number of thiophene rings is 1. The summed E-state index contributed by atoms with van der Waals surface area (Å²) in [5, 5.41) is 5.63. The lowest BCUT2D eigenvalue weighted by molar-refractivity contribution is -0.124. The highest BCUT2D eigenvalue weighted by Crippen LogP contribution is 2.32. The van der Waals surface area contributed by atoms with Gasteiger partial charge in [-0.05, 0) is 61.4 Å². The molecule has 2 aromatic rings. The summed E-state index contributed by atoms with van der Waals surface area (Å²) in [6.45, 7) is 3.99. The highest BCUT2D eigenvalue weighted by atomic mass is 32.2. The van der Waals surface area contributed by atoms with Gasteiger partial charge in [-0.15, -0.1) is 11.3 Å². The van der Waals surface area contributed by atoms with Gasteiger partial charge in [0, 0.05) is 16.6 Å². The van der Waals surface area contributed by atoms with Gasteiger partial charge in [0.1, 0.15) is 5.70 Å². The summed E-state index contributed by atoms with van der Waals surface area (Å²) in [6.07, 6.45) is 7.31. The van der Waals surface area contributed by atoms with Crippen LogP contribution in [0.5, 0.6) is 0 Å². The number of aryl methyl sites for hydroxylation is 2. The van der Waals surface area contributed by atoms with Crippen LogP contribution in [0.2, 0.25) is 0 Å². The molecule has 1 fully saturated rings. The lowest BCUT2D eigenvalue weighted by Gasteiger charge is -2.31. The number of nitrogens with one attached hydrogen (secondary N) is 1. The Morgan fingerprint density at radius 1 is 1.26 bits per heavy atom. The van der Waals surface area contributed by atoms with Gasteiger partial charge in [-0.25, -0.2) is 4.99 Å². The molecule has 1 saturated carbocycles. The van der Waals surface area contributed by atoms with Gasteiger partial charge in [-0.1, -0.05) is 49.2 Å². The van der Waals surface area contributed by atoms with E-state index in [2.05, 4.69) is 10.3 Å². The molecule has 0 bridgehead atoms. The van der Waals surface area contributed by atoms with E-state index < -0.39 is 0 Å². The van der Waals surface area contributed by atoms with E-state index in [4.69, 9.17) is 0 Å². The second-order valence-corrected chi connectivity index (χ2v) is 9.98. The van der Waals surface area contributed by atoms with E-state index in [1.165, 1.54) is 18.2 Å². The Kier molecular flexibility index (Phi) is 6.92. The van der Waals surface area contributed by atoms with Crippen LogP contribution >= 0.6 is 23.1 Å². The van der Waals surface area contributed by atoms with Gasteiger partial charge < -0.3 is 5.32 Å². The minimum absolute atomic E-state index is 0.0438. The number of hydrogen-bond acceptors (Lipinski definition) is 5. The Labute approximate surface area is 191 Å². The standard InChI is InChI=1S/C24H27N3O2S2/c1-16-10-11-17(2)20(13-16)25-22(28)15-31-24-26-21(14-19-9-6-12-30-19)23(29)27(24)18-7-4-3-5-8-18/h6,9-14,18H,3-5,7-8,15H2,1-2H3,(H,25,28)/b21-14+. The van der Waals surface area contributed by atoms with Crippen LogP contribution in [-0.2, 0) is 9.59 Å². The first-order valence-electron chi connectivity index (χ1n) is 10.7. The Bertz CT molecular complexity index is 1020. The summed E-state index contributed by atoms with van der Waals surface area (Å²) >= 11 is 2.93. The molecule has 4 rings (SSSR count). The van der Waals surface area contributed by atoms with Gasteiger partial charge in [0.05, 0.1) is 5.75 Å². The normalized spacial score (nSPS) is 18.5. The third-order valence-corrected chi connectivity index (χ3v) is 7.39. The van der Waals surface area contributed by atoms with Gasteiger partial charge in [0.25, 0.3) is 5.91 Å². The molecule has 2 heterocycles. The molecule has 5 nitrogen and oxygen atoms in total. The molecule has 0 unspecified atom stereocenters. The van der Waals surface area contributed by atoms with E-state index >= 15 is 0 Å². The number of amidine groups is 1. The topological polar surface area (TPSA) is 61.8 Å². The molecular formula is C24H27N3O2S2. The van der Waals surface area contributed by atoms with Crippen molar-refractivity contribution < 1.29 is 9.59 Å². The van der Waals surface area contributed by atoms with Crippen molar-refractivity contribution in [3.63, 3.8) is 0 Å². The Morgan fingerprint density at radius 2 is 2.06 bits per heavy atom. The number of anilines is 1. The maximum absolute atomic E-state index is 13.2. The van der Waals surface area contributed by atoms with E-state index in [0.717, 1.165) is 47.4 Å². The molecule has 1 aromatic carbocycles. The number of amides is 2. The van der Waals surface area contributed by atoms with Crippen molar-refractivity contribution in [1.29, 1.82) is 0 Å². The van der Waals surface area contributed by atoms with Crippen LogP contribution in [0.1, 0.15) is 48.1 Å². The average molecular weight is 454 g/mol. The number of carbonyl (C=O) groups is 2. The van der Waals surface area contributed by atoms with Crippen LogP contribution in [-0.4, -0.2) is 33.7 Å². The molecule has 1 aliphatic carbocycles. The molecule has 2 amide bonds. The second-order valence-electron chi connectivity index (χ2n) is 8.06. The van der Waals surface area contributed by atoms with Gasteiger partial charge >= 0.3 is 0 Å². The fourth-order valence-electron chi connectivity index (χ4n) is 3.97. The number of rotatable bonds is 5. The lowest BCUT2D eigenvalue weighted by atomic mass is 9.94. The molecular weight excluding hydrogens is 426 g/mol. The lowest BCUT2D eigenvalue weighted by Crippen LogP contribution is -2.41.